The van der Waals surface area contributed by atoms with E-state index in [1.165, 1.54) is 24.0 Å². The maximum atomic E-state index is 12.2. The fraction of sp³-hybridized carbons (Fsp3) is 0.615. The van der Waals surface area contributed by atoms with E-state index < -0.39 is 45.1 Å². The van der Waals surface area contributed by atoms with Crippen LogP contribution in [0.4, 0.5) is 0 Å². The van der Waals surface area contributed by atoms with Crippen molar-refractivity contribution < 1.29 is 43.7 Å². The Hall–Kier alpha value is -1.39. The first-order valence-corrected chi connectivity index (χ1v) is 13.6. The van der Waals surface area contributed by atoms with Gasteiger partial charge in [0.1, 0.15) is 24.4 Å². The summed E-state index contributed by atoms with van der Waals surface area (Å²) in [6.45, 7) is 9.65. The van der Waals surface area contributed by atoms with Crippen LogP contribution < -0.4 is 0 Å². The maximum absolute atomic E-state index is 12.2. The zero-order chi connectivity index (χ0) is 27.1. The number of rotatable bonds is 10. The number of allylic oxidation sites excluding steroid dienone is 9. The lowest BCUT2D eigenvalue weighted by Gasteiger charge is -2.39. The number of ether oxygens (including phenoxy) is 1. The van der Waals surface area contributed by atoms with Crippen molar-refractivity contribution in [1.82, 2.24) is 0 Å². The smallest absolute Gasteiger partial charge is 0.394 e. The fourth-order valence-corrected chi connectivity index (χ4v) is 5.04. The van der Waals surface area contributed by atoms with Crippen LogP contribution in [0.2, 0.25) is 0 Å². The molecule has 0 aromatic rings. The van der Waals surface area contributed by atoms with Gasteiger partial charge >= 0.3 is 7.82 Å². The molecule has 1 aliphatic carbocycles. The van der Waals surface area contributed by atoms with Gasteiger partial charge in [0.05, 0.1) is 13.2 Å². The molecular formula is C26H41O9P. The van der Waals surface area contributed by atoms with Crippen molar-refractivity contribution in [3.63, 3.8) is 0 Å². The Morgan fingerprint density at radius 2 is 1.83 bits per heavy atom. The van der Waals surface area contributed by atoms with Crippen molar-refractivity contribution >= 4 is 7.82 Å². The van der Waals surface area contributed by atoms with Crippen LogP contribution in [0.3, 0.4) is 0 Å². The molecule has 1 heterocycles. The van der Waals surface area contributed by atoms with Crippen LogP contribution in [-0.2, 0) is 18.3 Å². The third kappa shape index (κ3) is 8.87. The second-order valence-electron chi connectivity index (χ2n) is 10.0. The predicted molar refractivity (Wildman–Crippen MR) is 137 cm³/mol. The number of aliphatic hydroxyl groups excluding tert-OH is 4. The minimum atomic E-state index is -4.67. The Labute approximate surface area is 213 Å². The van der Waals surface area contributed by atoms with Gasteiger partial charge in [-0.15, -0.1) is 0 Å². The normalized spacial score (nSPS) is 31.9. The van der Waals surface area contributed by atoms with Gasteiger partial charge in [0.2, 0.25) is 0 Å². The standard InChI is InChI=1S/C26H41O9P/c1-17(11-12-20-19(3)10-7-14-26(20,4)5)8-6-9-18(2)13-15-33-36(31,32)35-25-24(30)23(29)22(28)21(16-27)34-25/h6,8-9,11-13,21-25,27-30H,7,10,14-16H2,1-5H3,(H,31,32)/b9-6+,12-11+,17-8+,18-13+/t21-,22+,23+,24-,25?/m1/s1. The first-order valence-electron chi connectivity index (χ1n) is 12.1. The van der Waals surface area contributed by atoms with E-state index in [1.54, 1.807) is 13.0 Å². The first-order chi connectivity index (χ1) is 16.8. The minimum Gasteiger partial charge on any atom is -0.394 e. The Morgan fingerprint density at radius 1 is 1.14 bits per heavy atom. The number of phosphoric acid groups is 1. The zero-order valence-electron chi connectivity index (χ0n) is 21.7. The van der Waals surface area contributed by atoms with E-state index in [2.05, 4.69) is 32.9 Å². The summed E-state index contributed by atoms with van der Waals surface area (Å²) in [6, 6.07) is 0. The highest BCUT2D eigenvalue weighted by molar-refractivity contribution is 7.47. The molecule has 0 saturated carbocycles. The molecule has 1 fully saturated rings. The molecule has 6 atom stereocenters. The van der Waals surface area contributed by atoms with E-state index in [1.807, 2.05) is 25.2 Å². The summed E-state index contributed by atoms with van der Waals surface area (Å²) >= 11 is 0. The molecule has 0 aromatic heterocycles. The molecule has 0 aromatic carbocycles. The molecule has 1 aliphatic heterocycles. The fourth-order valence-electron chi connectivity index (χ4n) is 4.28. The summed E-state index contributed by atoms with van der Waals surface area (Å²) in [6.07, 6.45) is 6.97. The molecule has 0 amide bonds. The van der Waals surface area contributed by atoms with Crippen LogP contribution in [0.15, 0.2) is 58.7 Å². The third-order valence-electron chi connectivity index (χ3n) is 6.50. The van der Waals surface area contributed by atoms with Crippen molar-refractivity contribution in [2.45, 2.75) is 84.6 Å². The van der Waals surface area contributed by atoms with Gasteiger partial charge in [0.15, 0.2) is 6.29 Å². The molecule has 2 rings (SSSR count). The zero-order valence-corrected chi connectivity index (χ0v) is 22.6. The summed E-state index contributed by atoms with van der Waals surface area (Å²) < 4.78 is 27.0. The summed E-state index contributed by atoms with van der Waals surface area (Å²) in [4.78, 5) is 9.92. The SMILES string of the molecule is CC1=C(/C=C/C(C)=C/C=C/C(C)=C/COP(=O)(O)OC2O[C@H](CO)[C@H](O)[C@H](O)[C@H]2O)C(C)(C)CCC1. The molecule has 2 unspecified atom stereocenters. The van der Waals surface area contributed by atoms with E-state index in [4.69, 9.17) is 13.8 Å². The third-order valence-corrected chi connectivity index (χ3v) is 7.45. The van der Waals surface area contributed by atoms with Crippen molar-refractivity contribution in [3.8, 4) is 0 Å². The van der Waals surface area contributed by atoms with Crippen LogP contribution in [0, 0.1) is 5.41 Å². The van der Waals surface area contributed by atoms with E-state index in [0.29, 0.717) is 0 Å². The Balaban J connectivity index is 1.89. The van der Waals surface area contributed by atoms with Crippen molar-refractivity contribution in [1.29, 1.82) is 0 Å². The van der Waals surface area contributed by atoms with Gasteiger partial charge in [-0.25, -0.2) is 4.57 Å². The van der Waals surface area contributed by atoms with Crippen LogP contribution >= 0.6 is 7.82 Å². The Morgan fingerprint density at radius 3 is 2.47 bits per heavy atom. The van der Waals surface area contributed by atoms with Gasteiger partial charge in [-0.2, -0.15) is 0 Å². The minimum absolute atomic E-state index is 0.187. The lowest BCUT2D eigenvalue weighted by molar-refractivity contribution is -0.281. The summed E-state index contributed by atoms with van der Waals surface area (Å²) in [5.41, 5.74) is 4.90. The quantitative estimate of drug-likeness (QED) is 0.213. The molecule has 9 nitrogen and oxygen atoms in total. The van der Waals surface area contributed by atoms with Crippen LogP contribution in [0.1, 0.15) is 53.9 Å². The van der Waals surface area contributed by atoms with E-state index in [-0.39, 0.29) is 12.0 Å². The molecule has 1 saturated heterocycles. The van der Waals surface area contributed by atoms with Gasteiger partial charge in [0, 0.05) is 0 Å². The largest absolute Gasteiger partial charge is 0.474 e. The summed E-state index contributed by atoms with van der Waals surface area (Å²) in [5, 5.41) is 38.6. The lowest BCUT2D eigenvalue weighted by atomic mass is 9.72. The van der Waals surface area contributed by atoms with Crippen molar-refractivity contribution in [2.24, 2.45) is 5.41 Å². The van der Waals surface area contributed by atoms with Gasteiger partial charge in [0.25, 0.3) is 0 Å². The lowest BCUT2D eigenvalue weighted by Crippen LogP contribution is -2.58. The van der Waals surface area contributed by atoms with Crippen LogP contribution in [0.25, 0.3) is 0 Å². The first kappa shape index (κ1) is 30.8. The Kier molecular flexibility index (Phi) is 11.5. The number of hydrogen-bond donors (Lipinski definition) is 5. The maximum Gasteiger partial charge on any atom is 0.474 e. The van der Waals surface area contributed by atoms with Crippen molar-refractivity contribution in [3.05, 3.63) is 58.7 Å². The second-order valence-corrected chi connectivity index (χ2v) is 11.5. The molecule has 5 N–H and O–H groups in total. The van der Waals surface area contributed by atoms with Gasteiger partial charge in [-0.05, 0) is 51.0 Å². The molecule has 204 valence electrons. The van der Waals surface area contributed by atoms with Crippen LogP contribution in [-0.4, -0.2) is 69.2 Å². The number of aliphatic hydroxyl groups is 4. The summed E-state index contributed by atoms with van der Waals surface area (Å²) in [7, 11) is -4.67. The van der Waals surface area contributed by atoms with Gasteiger partial charge in [-0.3, -0.25) is 9.05 Å². The predicted octanol–water partition coefficient (Wildman–Crippen LogP) is 3.45. The molecule has 0 spiro atoms. The molecule has 0 radical (unpaired) electrons. The average Bonchev–Trinajstić information content (AvgIpc) is 2.78. The van der Waals surface area contributed by atoms with Crippen molar-refractivity contribution in [2.75, 3.05) is 13.2 Å². The molecular weight excluding hydrogens is 487 g/mol. The van der Waals surface area contributed by atoms with Gasteiger partial charge in [-0.1, -0.05) is 67.0 Å². The Bertz CT molecular complexity index is 945. The highest BCUT2D eigenvalue weighted by atomic mass is 31.2. The monoisotopic (exact) mass is 528 g/mol. The highest BCUT2D eigenvalue weighted by Gasteiger charge is 2.46. The van der Waals surface area contributed by atoms with Gasteiger partial charge < -0.3 is 30.1 Å². The van der Waals surface area contributed by atoms with E-state index >= 15 is 0 Å². The molecule has 0 bridgehead atoms. The number of phosphoric ester groups is 1. The highest BCUT2D eigenvalue weighted by Crippen LogP contribution is 2.46. The molecule has 36 heavy (non-hydrogen) atoms. The van der Waals surface area contributed by atoms with Crippen LogP contribution in [0.5, 0.6) is 0 Å². The second kappa shape index (κ2) is 13.4. The van der Waals surface area contributed by atoms with E-state index in [9.17, 15) is 29.9 Å². The average molecular weight is 529 g/mol. The summed E-state index contributed by atoms with van der Waals surface area (Å²) in [5.74, 6) is 0. The topological polar surface area (TPSA) is 146 Å². The van der Waals surface area contributed by atoms with E-state index in [0.717, 1.165) is 17.6 Å². The molecule has 2 aliphatic rings. The molecule has 10 heteroatoms. The number of hydrogen-bond acceptors (Lipinski definition) is 8.